The van der Waals surface area contributed by atoms with Crippen LogP contribution in [0.2, 0.25) is 5.02 Å². The smallest absolute Gasteiger partial charge is 0.195 e. The van der Waals surface area contributed by atoms with Gasteiger partial charge in [-0.2, -0.15) is 0 Å². The van der Waals surface area contributed by atoms with Crippen molar-refractivity contribution in [1.82, 2.24) is 4.98 Å². The Morgan fingerprint density at radius 3 is 2.53 bits per heavy atom. The lowest BCUT2D eigenvalue weighted by Crippen LogP contribution is -2.01. The number of carbonyl (C=O) groups excluding carboxylic acids is 1. The second-order valence-corrected chi connectivity index (χ2v) is 4.67. The van der Waals surface area contributed by atoms with E-state index in [4.69, 9.17) is 11.6 Å². The molecule has 0 fully saturated rings. The van der Waals surface area contributed by atoms with Gasteiger partial charge in [0, 0.05) is 27.7 Å². The number of hydrogen-bond acceptors (Lipinski definition) is 2. The number of ketones is 1. The summed E-state index contributed by atoms with van der Waals surface area (Å²) < 4.78 is 0. The predicted octanol–water partition coefficient (Wildman–Crippen LogP) is 3.76. The Balaban J connectivity index is 2.14. The summed E-state index contributed by atoms with van der Waals surface area (Å²) in [6.07, 6.45) is 1.70. The fraction of sp³-hybridized carbons (Fsp3) is 0. The van der Waals surface area contributed by atoms with Crippen molar-refractivity contribution in [2.75, 3.05) is 0 Å². The first-order valence-electron chi connectivity index (χ1n) is 5.76. The molecule has 2 aromatic carbocycles. The van der Waals surface area contributed by atoms with E-state index in [1.807, 2.05) is 0 Å². The molecule has 3 aromatic rings. The van der Waals surface area contributed by atoms with Crippen LogP contribution in [0.1, 0.15) is 15.9 Å². The molecule has 94 valence electrons. The minimum Gasteiger partial charge on any atom is -0.507 e. The number of phenolic OH excluding ortho intramolecular Hbond substituents is 1. The molecule has 0 spiro atoms. The molecule has 0 aliphatic heterocycles. The first-order chi connectivity index (χ1) is 9.16. The number of rotatable bonds is 2. The third kappa shape index (κ3) is 1.98. The molecule has 0 radical (unpaired) electrons. The van der Waals surface area contributed by atoms with Crippen LogP contribution in [0.3, 0.4) is 0 Å². The predicted molar refractivity (Wildman–Crippen MR) is 74.8 cm³/mol. The van der Waals surface area contributed by atoms with Gasteiger partial charge in [0.2, 0.25) is 0 Å². The zero-order valence-electron chi connectivity index (χ0n) is 9.85. The highest BCUT2D eigenvalue weighted by Crippen LogP contribution is 2.28. The molecule has 3 rings (SSSR count). The van der Waals surface area contributed by atoms with Gasteiger partial charge in [-0.1, -0.05) is 11.6 Å². The highest BCUT2D eigenvalue weighted by Gasteiger charge is 2.14. The molecule has 0 saturated carbocycles. The summed E-state index contributed by atoms with van der Waals surface area (Å²) in [6.45, 7) is 0. The molecule has 19 heavy (non-hydrogen) atoms. The number of aromatic nitrogens is 1. The van der Waals surface area contributed by atoms with Crippen LogP contribution in [0.15, 0.2) is 48.7 Å². The molecule has 0 aliphatic rings. The Bertz CT molecular complexity index is 759. The molecular formula is C15H10ClNO2. The summed E-state index contributed by atoms with van der Waals surface area (Å²) in [5.74, 6) is 0.0491. The van der Waals surface area contributed by atoms with Gasteiger partial charge in [-0.3, -0.25) is 4.79 Å². The van der Waals surface area contributed by atoms with Crippen LogP contribution in [-0.4, -0.2) is 15.9 Å². The summed E-state index contributed by atoms with van der Waals surface area (Å²) in [7, 11) is 0. The van der Waals surface area contributed by atoms with Gasteiger partial charge in [-0.05, 0) is 42.5 Å². The van der Waals surface area contributed by atoms with E-state index in [9.17, 15) is 9.90 Å². The van der Waals surface area contributed by atoms with Gasteiger partial charge in [0.15, 0.2) is 5.78 Å². The van der Waals surface area contributed by atoms with E-state index in [0.717, 1.165) is 0 Å². The van der Waals surface area contributed by atoms with Crippen molar-refractivity contribution in [3.8, 4) is 5.75 Å². The molecule has 1 heterocycles. The van der Waals surface area contributed by atoms with Gasteiger partial charge in [0.1, 0.15) is 5.75 Å². The Hall–Kier alpha value is -2.26. The number of hydrogen-bond donors (Lipinski definition) is 2. The second-order valence-electron chi connectivity index (χ2n) is 4.23. The van der Waals surface area contributed by atoms with Crippen LogP contribution >= 0.6 is 11.6 Å². The maximum Gasteiger partial charge on any atom is 0.195 e. The van der Waals surface area contributed by atoms with Crippen molar-refractivity contribution in [3.05, 3.63) is 64.8 Å². The van der Waals surface area contributed by atoms with Crippen molar-refractivity contribution < 1.29 is 9.90 Å². The standard InChI is InChI=1S/C15H10ClNO2/c16-10-3-1-9(2-4-10)15(19)12-5-6-13(18)11-7-8-17-14(11)12/h1-8,17-18H. The maximum absolute atomic E-state index is 12.4. The van der Waals surface area contributed by atoms with Crippen molar-refractivity contribution in [3.63, 3.8) is 0 Å². The molecule has 2 N–H and O–H groups in total. The fourth-order valence-corrected chi connectivity index (χ4v) is 2.21. The average Bonchev–Trinajstić information content (AvgIpc) is 2.89. The normalized spacial score (nSPS) is 10.8. The van der Waals surface area contributed by atoms with E-state index in [-0.39, 0.29) is 11.5 Å². The van der Waals surface area contributed by atoms with Crippen molar-refractivity contribution in [2.24, 2.45) is 0 Å². The third-order valence-corrected chi connectivity index (χ3v) is 3.30. The zero-order chi connectivity index (χ0) is 13.4. The minimum absolute atomic E-state index is 0.107. The summed E-state index contributed by atoms with van der Waals surface area (Å²) in [5.41, 5.74) is 1.73. The quantitative estimate of drug-likeness (QED) is 0.697. The molecule has 0 saturated heterocycles. The summed E-state index contributed by atoms with van der Waals surface area (Å²) in [5, 5.41) is 11.0. The summed E-state index contributed by atoms with van der Waals surface area (Å²) in [4.78, 5) is 15.4. The van der Waals surface area contributed by atoms with Gasteiger partial charge in [0.25, 0.3) is 0 Å². The number of benzene rings is 2. The molecular weight excluding hydrogens is 262 g/mol. The van der Waals surface area contributed by atoms with Gasteiger partial charge >= 0.3 is 0 Å². The lowest BCUT2D eigenvalue weighted by Gasteiger charge is -2.04. The van der Waals surface area contributed by atoms with Crippen molar-refractivity contribution in [2.45, 2.75) is 0 Å². The van der Waals surface area contributed by atoms with Gasteiger partial charge in [-0.15, -0.1) is 0 Å². The van der Waals surface area contributed by atoms with Crippen molar-refractivity contribution >= 4 is 28.3 Å². The zero-order valence-corrected chi connectivity index (χ0v) is 10.6. The van der Waals surface area contributed by atoms with Gasteiger partial charge in [-0.25, -0.2) is 0 Å². The van der Waals surface area contributed by atoms with Crippen LogP contribution in [0, 0.1) is 0 Å². The Kier molecular flexibility index (Phi) is 2.76. The van der Waals surface area contributed by atoms with Crippen molar-refractivity contribution in [1.29, 1.82) is 0 Å². The number of phenols is 1. The molecule has 3 nitrogen and oxygen atoms in total. The number of H-pyrrole nitrogens is 1. The number of halogens is 1. The highest BCUT2D eigenvalue weighted by atomic mass is 35.5. The van der Waals surface area contributed by atoms with Crippen LogP contribution in [0.4, 0.5) is 0 Å². The van der Waals surface area contributed by atoms with Crippen LogP contribution in [0.5, 0.6) is 5.75 Å². The number of nitrogens with one attached hydrogen (secondary N) is 1. The topological polar surface area (TPSA) is 53.1 Å². The monoisotopic (exact) mass is 271 g/mol. The molecule has 0 amide bonds. The average molecular weight is 272 g/mol. The summed E-state index contributed by atoms with van der Waals surface area (Å²) in [6, 6.07) is 11.6. The first-order valence-corrected chi connectivity index (χ1v) is 6.14. The molecule has 1 aromatic heterocycles. The lowest BCUT2D eigenvalue weighted by atomic mass is 10.0. The Morgan fingerprint density at radius 2 is 1.79 bits per heavy atom. The molecule has 0 bridgehead atoms. The second kappa shape index (κ2) is 4.44. The molecule has 0 aliphatic carbocycles. The Labute approximate surface area is 114 Å². The van der Waals surface area contributed by atoms with Gasteiger partial charge in [0.05, 0.1) is 5.52 Å². The maximum atomic E-state index is 12.4. The van der Waals surface area contributed by atoms with E-state index in [1.54, 1.807) is 42.6 Å². The number of carbonyl (C=O) groups is 1. The third-order valence-electron chi connectivity index (χ3n) is 3.05. The fourth-order valence-electron chi connectivity index (χ4n) is 2.09. The van der Waals surface area contributed by atoms with Crippen LogP contribution in [-0.2, 0) is 0 Å². The largest absolute Gasteiger partial charge is 0.507 e. The molecule has 0 atom stereocenters. The highest BCUT2D eigenvalue weighted by molar-refractivity contribution is 6.30. The number of fused-ring (bicyclic) bond motifs is 1. The van der Waals surface area contributed by atoms with Crippen LogP contribution in [0.25, 0.3) is 10.9 Å². The van der Waals surface area contributed by atoms with E-state index < -0.39 is 0 Å². The van der Waals surface area contributed by atoms with Crippen LogP contribution < -0.4 is 0 Å². The van der Waals surface area contributed by atoms with E-state index in [1.165, 1.54) is 6.07 Å². The van der Waals surface area contributed by atoms with E-state index in [2.05, 4.69) is 4.98 Å². The van der Waals surface area contributed by atoms with E-state index >= 15 is 0 Å². The minimum atomic E-state index is -0.107. The molecule has 0 unspecified atom stereocenters. The van der Waals surface area contributed by atoms with E-state index in [0.29, 0.717) is 27.1 Å². The molecule has 4 heteroatoms. The number of aromatic hydroxyl groups is 1. The summed E-state index contributed by atoms with van der Waals surface area (Å²) >= 11 is 5.81. The Morgan fingerprint density at radius 1 is 1.05 bits per heavy atom. The number of aromatic amines is 1. The first kappa shape index (κ1) is 11.8. The van der Waals surface area contributed by atoms with Gasteiger partial charge < -0.3 is 10.1 Å². The SMILES string of the molecule is O=C(c1ccc(Cl)cc1)c1ccc(O)c2cc[nH]c12. The lowest BCUT2D eigenvalue weighted by molar-refractivity contribution is 0.104.